The topological polar surface area (TPSA) is 117 Å². The van der Waals surface area contributed by atoms with E-state index in [0.29, 0.717) is 21.7 Å². The molecule has 0 radical (unpaired) electrons. The number of hydrogen-bond donors (Lipinski definition) is 3. The molecule has 34 heavy (non-hydrogen) atoms. The van der Waals surface area contributed by atoms with E-state index in [-0.39, 0.29) is 25.0 Å². The fourth-order valence-electron chi connectivity index (χ4n) is 3.33. The molecule has 2 amide bonds. The van der Waals surface area contributed by atoms with Gasteiger partial charge in [-0.15, -0.1) is 0 Å². The SMILES string of the molecule is CCOC(=O)C/C=C/NC(=O)C(Cc1cc(=O)[nH]c2ccccc12)NC(=O)c1ccc(Cl)cc1. The Labute approximate surface area is 201 Å². The molecule has 1 aromatic heterocycles. The number of fused-ring (bicyclic) bond motifs is 1. The van der Waals surface area contributed by atoms with Crippen LogP contribution in [0.25, 0.3) is 10.9 Å². The van der Waals surface area contributed by atoms with Gasteiger partial charge in [0.2, 0.25) is 11.5 Å². The van der Waals surface area contributed by atoms with E-state index < -0.39 is 23.8 Å². The molecule has 3 N–H and O–H groups in total. The summed E-state index contributed by atoms with van der Waals surface area (Å²) in [4.78, 5) is 52.1. The second-order valence-electron chi connectivity index (χ2n) is 7.36. The molecule has 9 heteroatoms. The number of rotatable bonds is 9. The molecule has 0 spiro atoms. The van der Waals surface area contributed by atoms with Crippen LogP contribution in [-0.2, 0) is 20.7 Å². The van der Waals surface area contributed by atoms with Crippen LogP contribution in [0.5, 0.6) is 0 Å². The summed E-state index contributed by atoms with van der Waals surface area (Å²) in [7, 11) is 0. The number of carbonyl (C=O) groups is 3. The maximum Gasteiger partial charge on any atom is 0.309 e. The van der Waals surface area contributed by atoms with Gasteiger partial charge in [-0.2, -0.15) is 0 Å². The Morgan fingerprint density at radius 3 is 2.59 bits per heavy atom. The van der Waals surface area contributed by atoms with Gasteiger partial charge in [0.15, 0.2) is 0 Å². The predicted molar refractivity (Wildman–Crippen MR) is 130 cm³/mol. The van der Waals surface area contributed by atoms with Crippen molar-refractivity contribution in [2.45, 2.75) is 25.8 Å². The summed E-state index contributed by atoms with van der Waals surface area (Å²) in [6.45, 7) is 1.97. The van der Waals surface area contributed by atoms with Crippen LogP contribution in [0.15, 0.2) is 71.7 Å². The number of hydrogen-bond acceptors (Lipinski definition) is 5. The highest BCUT2D eigenvalue weighted by Gasteiger charge is 2.22. The Kier molecular flexibility index (Phi) is 8.59. The number of H-pyrrole nitrogens is 1. The van der Waals surface area contributed by atoms with E-state index in [9.17, 15) is 19.2 Å². The summed E-state index contributed by atoms with van der Waals surface area (Å²) in [6, 6.07) is 13.9. The summed E-state index contributed by atoms with van der Waals surface area (Å²) in [5.41, 5.74) is 1.25. The first-order chi connectivity index (χ1) is 16.4. The molecule has 1 unspecified atom stereocenters. The number of pyridine rings is 1. The molecule has 3 aromatic rings. The maximum atomic E-state index is 13.0. The van der Waals surface area contributed by atoms with Crippen LogP contribution in [0.3, 0.4) is 0 Å². The van der Waals surface area contributed by atoms with Crippen LogP contribution >= 0.6 is 11.6 Å². The van der Waals surface area contributed by atoms with E-state index in [1.54, 1.807) is 43.3 Å². The fraction of sp³-hybridized carbons (Fsp3) is 0.200. The maximum absolute atomic E-state index is 13.0. The van der Waals surface area contributed by atoms with E-state index in [1.165, 1.54) is 18.3 Å². The zero-order chi connectivity index (χ0) is 24.5. The number of benzene rings is 2. The first-order valence-electron chi connectivity index (χ1n) is 10.7. The lowest BCUT2D eigenvalue weighted by molar-refractivity contribution is -0.142. The van der Waals surface area contributed by atoms with Crippen LogP contribution in [0, 0.1) is 0 Å². The lowest BCUT2D eigenvalue weighted by atomic mass is 10.0. The first-order valence-corrected chi connectivity index (χ1v) is 11.0. The molecule has 0 bridgehead atoms. The third-order valence-electron chi connectivity index (χ3n) is 4.92. The summed E-state index contributed by atoms with van der Waals surface area (Å²) < 4.78 is 4.84. The van der Waals surface area contributed by atoms with E-state index in [1.807, 2.05) is 12.1 Å². The quantitative estimate of drug-likeness (QED) is 0.406. The van der Waals surface area contributed by atoms with Crippen LogP contribution in [0.1, 0.15) is 29.3 Å². The van der Waals surface area contributed by atoms with Gasteiger partial charge >= 0.3 is 5.97 Å². The number of amides is 2. The Hall–Kier alpha value is -3.91. The number of esters is 1. The van der Waals surface area contributed by atoms with Gasteiger partial charge in [-0.05, 0) is 42.8 Å². The van der Waals surface area contributed by atoms with Crippen molar-refractivity contribution in [3.8, 4) is 0 Å². The molecular weight excluding hydrogens is 458 g/mol. The highest BCUT2D eigenvalue weighted by molar-refractivity contribution is 6.30. The number of para-hydroxylation sites is 1. The molecule has 0 saturated carbocycles. The van der Waals surface area contributed by atoms with Gasteiger partial charge in [0, 0.05) is 40.2 Å². The van der Waals surface area contributed by atoms with Crippen LogP contribution in [-0.4, -0.2) is 35.4 Å². The van der Waals surface area contributed by atoms with Crippen molar-refractivity contribution in [2.75, 3.05) is 6.61 Å². The number of aromatic nitrogens is 1. The molecule has 3 rings (SSSR count). The minimum atomic E-state index is -0.999. The third-order valence-corrected chi connectivity index (χ3v) is 5.17. The van der Waals surface area contributed by atoms with Crippen molar-refractivity contribution in [3.63, 3.8) is 0 Å². The Morgan fingerprint density at radius 2 is 1.85 bits per heavy atom. The molecule has 1 heterocycles. The number of ether oxygens (including phenoxy) is 1. The molecule has 0 saturated heterocycles. The number of nitrogens with one attached hydrogen (secondary N) is 3. The van der Waals surface area contributed by atoms with Gasteiger partial charge in [-0.25, -0.2) is 0 Å². The fourth-order valence-corrected chi connectivity index (χ4v) is 3.46. The Bertz CT molecular complexity index is 1270. The lowest BCUT2D eigenvalue weighted by Crippen LogP contribution is -2.47. The monoisotopic (exact) mass is 481 g/mol. The molecule has 176 valence electrons. The van der Waals surface area contributed by atoms with Gasteiger partial charge in [0.1, 0.15) is 6.04 Å². The normalized spacial score (nSPS) is 11.8. The van der Waals surface area contributed by atoms with Crippen molar-refractivity contribution in [1.29, 1.82) is 0 Å². The zero-order valence-corrected chi connectivity index (χ0v) is 19.2. The van der Waals surface area contributed by atoms with E-state index in [4.69, 9.17) is 16.3 Å². The van der Waals surface area contributed by atoms with Crippen molar-refractivity contribution in [1.82, 2.24) is 15.6 Å². The Morgan fingerprint density at radius 1 is 1.12 bits per heavy atom. The average Bonchev–Trinajstić information content (AvgIpc) is 2.81. The van der Waals surface area contributed by atoms with E-state index in [2.05, 4.69) is 15.6 Å². The molecule has 0 aliphatic rings. The van der Waals surface area contributed by atoms with E-state index >= 15 is 0 Å². The van der Waals surface area contributed by atoms with Crippen molar-refractivity contribution in [2.24, 2.45) is 0 Å². The second kappa shape index (κ2) is 11.8. The minimum absolute atomic E-state index is 0.00534. The predicted octanol–water partition coefficient (Wildman–Crippen LogP) is 3.11. The van der Waals surface area contributed by atoms with Gasteiger partial charge in [0.05, 0.1) is 13.0 Å². The number of halogens is 1. The third kappa shape index (κ3) is 6.79. The van der Waals surface area contributed by atoms with Gasteiger partial charge in [-0.3, -0.25) is 19.2 Å². The second-order valence-corrected chi connectivity index (χ2v) is 7.80. The smallest absolute Gasteiger partial charge is 0.309 e. The molecule has 0 aliphatic heterocycles. The summed E-state index contributed by atoms with van der Waals surface area (Å²) in [5, 5.41) is 6.55. The molecule has 2 aromatic carbocycles. The summed E-state index contributed by atoms with van der Waals surface area (Å²) in [6.07, 6.45) is 2.85. The number of aromatic amines is 1. The van der Waals surface area contributed by atoms with Crippen molar-refractivity contribution in [3.05, 3.63) is 93.4 Å². The first kappa shape index (κ1) is 24.7. The summed E-state index contributed by atoms with van der Waals surface area (Å²) in [5.74, 6) is -1.40. The van der Waals surface area contributed by atoms with Gasteiger partial charge in [0.25, 0.3) is 5.91 Å². The number of carbonyl (C=O) groups excluding carboxylic acids is 3. The van der Waals surface area contributed by atoms with Gasteiger partial charge < -0.3 is 20.4 Å². The molecular formula is C25H24ClN3O5. The largest absolute Gasteiger partial charge is 0.466 e. The lowest BCUT2D eigenvalue weighted by Gasteiger charge is -2.18. The highest BCUT2D eigenvalue weighted by atomic mass is 35.5. The molecule has 0 aliphatic carbocycles. The average molecular weight is 482 g/mol. The zero-order valence-electron chi connectivity index (χ0n) is 18.5. The van der Waals surface area contributed by atoms with Crippen molar-refractivity contribution >= 4 is 40.3 Å². The minimum Gasteiger partial charge on any atom is -0.466 e. The van der Waals surface area contributed by atoms with Crippen LogP contribution in [0.2, 0.25) is 5.02 Å². The van der Waals surface area contributed by atoms with Crippen LogP contribution < -0.4 is 16.2 Å². The molecule has 8 nitrogen and oxygen atoms in total. The van der Waals surface area contributed by atoms with Crippen molar-refractivity contribution < 1.29 is 19.1 Å². The Balaban J connectivity index is 1.83. The molecule has 0 fully saturated rings. The van der Waals surface area contributed by atoms with Gasteiger partial charge in [-0.1, -0.05) is 35.9 Å². The highest BCUT2D eigenvalue weighted by Crippen LogP contribution is 2.17. The molecule has 1 atom stereocenters. The standard InChI is InChI=1S/C25H24ClN3O5/c1-2-34-23(31)8-5-13-27-25(33)21(29-24(32)16-9-11-18(26)12-10-16)14-17-15-22(30)28-20-7-4-3-6-19(17)20/h3-7,9-13,15,21H,2,8,14H2,1H3,(H,27,33)(H,28,30)(H,29,32)/b13-5+. The van der Waals surface area contributed by atoms with Crippen LogP contribution in [0.4, 0.5) is 0 Å². The summed E-state index contributed by atoms with van der Waals surface area (Å²) >= 11 is 5.89. The van der Waals surface area contributed by atoms with E-state index in [0.717, 1.165) is 5.39 Å².